The lowest BCUT2D eigenvalue weighted by Crippen LogP contribution is -2.53. The summed E-state index contributed by atoms with van der Waals surface area (Å²) in [6.45, 7) is 10.2. The largest absolute Gasteiger partial charge is 0.367 e. The molecule has 1 aliphatic heterocycles. The standard InChI is InChI=1S/C27H36FN5O3/c1-18(2)15-25(34)31-22-9-10-24(32-11-13-33(14-12-32)27(36)30-19(3)4)23(16-22)26(35)29-17-20-5-7-21(28)8-6-20/h5-10,16,18-19H,11-15,17H2,1-4H3,(H,29,35)(H,30,36)(H,31,34). The van der Waals surface area contributed by atoms with E-state index in [9.17, 15) is 18.8 Å². The van der Waals surface area contributed by atoms with E-state index in [0.717, 1.165) is 11.3 Å². The SMILES string of the molecule is CC(C)CC(=O)Nc1ccc(N2CCN(C(=O)NC(C)C)CC2)c(C(=O)NCc2ccc(F)cc2)c1. The molecule has 2 aromatic carbocycles. The van der Waals surface area contributed by atoms with Gasteiger partial charge in [-0.3, -0.25) is 9.59 Å². The van der Waals surface area contributed by atoms with Crippen LogP contribution in [-0.4, -0.2) is 55.0 Å². The van der Waals surface area contributed by atoms with Crippen LogP contribution in [0.4, 0.5) is 20.6 Å². The second-order valence-electron chi connectivity index (χ2n) is 9.77. The smallest absolute Gasteiger partial charge is 0.317 e. The van der Waals surface area contributed by atoms with Crippen LogP contribution in [0.15, 0.2) is 42.5 Å². The molecule has 0 atom stereocenters. The van der Waals surface area contributed by atoms with Crippen molar-refractivity contribution in [2.45, 2.75) is 46.7 Å². The van der Waals surface area contributed by atoms with E-state index >= 15 is 0 Å². The van der Waals surface area contributed by atoms with Crippen LogP contribution in [0.25, 0.3) is 0 Å². The molecule has 8 nitrogen and oxygen atoms in total. The molecule has 0 unspecified atom stereocenters. The summed E-state index contributed by atoms with van der Waals surface area (Å²) in [6, 6.07) is 11.2. The van der Waals surface area contributed by atoms with Crippen molar-refractivity contribution in [3.63, 3.8) is 0 Å². The summed E-state index contributed by atoms with van der Waals surface area (Å²) in [5, 5.41) is 8.69. The average molecular weight is 498 g/mol. The monoisotopic (exact) mass is 497 g/mol. The fourth-order valence-corrected chi connectivity index (χ4v) is 4.02. The summed E-state index contributed by atoms with van der Waals surface area (Å²) < 4.78 is 13.2. The molecular formula is C27H36FN5O3. The lowest BCUT2D eigenvalue weighted by molar-refractivity contribution is -0.116. The molecule has 2 aromatic rings. The second kappa shape index (κ2) is 12.4. The van der Waals surface area contributed by atoms with E-state index in [1.54, 1.807) is 29.2 Å². The van der Waals surface area contributed by atoms with Crippen molar-refractivity contribution >= 4 is 29.2 Å². The zero-order valence-electron chi connectivity index (χ0n) is 21.4. The molecule has 0 radical (unpaired) electrons. The van der Waals surface area contributed by atoms with Crippen LogP contribution in [0.2, 0.25) is 0 Å². The van der Waals surface area contributed by atoms with Gasteiger partial charge in [-0.25, -0.2) is 9.18 Å². The van der Waals surface area contributed by atoms with Gasteiger partial charge in [0.25, 0.3) is 5.91 Å². The van der Waals surface area contributed by atoms with Crippen LogP contribution in [0.3, 0.4) is 0 Å². The number of halogens is 1. The summed E-state index contributed by atoms with van der Waals surface area (Å²) in [4.78, 5) is 41.8. The fraction of sp³-hybridized carbons (Fsp3) is 0.444. The minimum absolute atomic E-state index is 0.0605. The Balaban J connectivity index is 1.77. The predicted octanol–water partition coefficient (Wildman–Crippen LogP) is 3.98. The third-order valence-electron chi connectivity index (χ3n) is 5.80. The first kappa shape index (κ1) is 27.0. The first-order chi connectivity index (χ1) is 17.1. The van der Waals surface area contributed by atoms with Crippen molar-refractivity contribution in [3.05, 3.63) is 59.4 Å². The summed E-state index contributed by atoms with van der Waals surface area (Å²) >= 11 is 0. The molecule has 1 saturated heterocycles. The zero-order valence-corrected chi connectivity index (χ0v) is 21.4. The predicted molar refractivity (Wildman–Crippen MR) is 140 cm³/mol. The quantitative estimate of drug-likeness (QED) is 0.514. The third kappa shape index (κ3) is 7.69. The molecule has 9 heteroatoms. The Morgan fingerprint density at radius 2 is 1.61 bits per heavy atom. The Morgan fingerprint density at radius 3 is 2.22 bits per heavy atom. The van der Waals surface area contributed by atoms with E-state index in [4.69, 9.17) is 0 Å². The van der Waals surface area contributed by atoms with Crippen LogP contribution in [0.1, 0.15) is 50.0 Å². The first-order valence-corrected chi connectivity index (χ1v) is 12.4. The van der Waals surface area contributed by atoms with Crippen molar-refractivity contribution in [3.8, 4) is 0 Å². The van der Waals surface area contributed by atoms with Crippen LogP contribution in [-0.2, 0) is 11.3 Å². The summed E-state index contributed by atoms with van der Waals surface area (Å²) in [5.74, 6) is -0.528. The van der Waals surface area contributed by atoms with E-state index in [1.165, 1.54) is 12.1 Å². The number of carbonyl (C=O) groups excluding carboxylic acids is 3. The Kier molecular flexibility index (Phi) is 9.27. The minimum Gasteiger partial charge on any atom is -0.367 e. The Labute approximate surface area is 212 Å². The zero-order chi connectivity index (χ0) is 26.2. The first-order valence-electron chi connectivity index (χ1n) is 12.4. The molecule has 0 spiro atoms. The highest BCUT2D eigenvalue weighted by atomic mass is 19.1. The van der Waals surface area contributed by atoms with Gasteiger partial charge in [0.2, 0.25) is 5.91 Å². The number of rotatable bonds is 8. The Morgan fingerprint density at radius 1 is 0.944 bits per heavy atom. The van der Waals surface area contributed by atoms with Gasteiger partial charge in [0, 0.05) is 56.6 Å². The van der Waals surface area contributed by atoms with E-state index < -0.39 is 0 Å². The molecule has 0 saturated carbocycles. The van der Waals surface area contributed by atoms with Crippen molar-refractivity contribution in [1.29, 1.82) is 0 Å². The number of amides is 4. The number of hydrogen-bond donors (Lipinski definition) is 3. The normalized spacial score (nSPS) is 13.6. The molecule has 3 rings (SSSR count). The number of nitrogens with one attached hydrogen (secondary N) is 3. The van der Waals surface area contributed by atoms with Gasteiger partial charge in [0.15, 0.2) is 0 Å². The molecule has 1 fully saturated rings. The fourth-order valence-electron chi connectivity index (χ4n) is 4.02. The minimum atomic E-state index is -0.335. The molecule has 0 aromatic heterocycles. The average Bonchev–Trinajstić information content (AvgIpc) is 2.82. The molecule has 1 heterocycles. The van der Waals surface area contributed by atoms with Crippen molar-refractivity contribution in [2.75, 3.05) is 36.4 Å². The molecule has 4 amide bonds. The molecule has 0 bridgehead atoms. The van der Waals surface area contributed by atoms with E-state index in [2.05, 4.69) is 20.9 Å². The Bertz CT molecular complexity index is 1060. The highest BCUT2D eigenvalue weighted by Crippen LogP contribution is 2.26. The lowest BCUT2D eigenvalue weighted by Gasteiger charge is -2.37. The van der Waals surface area contributed by atoms with Gasteiger partial charge < -0.3 is 25.8 Å². The maximum absolute atomic E-state index is 13.3. The molecule has 0 aliphatic carbocycles. The topological polar surface area (TPSA) is 93.8 Å². The van der Waals surface area contributed by atoms with Gasteiger partial charge in [-0.15, -0.1) is 0 Å². The molecule has 36 heavy (non-hydrogen) atoms. The highest BCUT2D eigenvalue weighted by molar-refractivity contribution is 6.02. The van der Waals surface area contributed by atoms with E-state index in [1.807, 2.05) is 33.8 Å². The number of carbonyl (C=O) groups is 3. The molecule has 3 N–H and O–H groups in total. The number of anilines is 2. The molecular weight excluding hydrogens is 461 g/mol. The Hall–Kier alpha value is -3.62. The highest BCUT2D eigenvalue weighted by Gasteiger charge is 2.25. The number of hydrogen-bond acceptors (Lipinski definition) is 4. The van der Waals surface area contributed by atoms with Crippen molar-refractivity contribution < 1.29 is 18.8 Å². The number of urea groups is 1. The number of nitrogens with zero attached hydrogens (tertiary/aromatic N) is 2. The van der Waals surface area contributed by atoms with Crippen LogP contribution < -0.4 is 20.9 Å². The third-order valence-corrected chi connectivity index (χ3v) is 5.80. The van der Waals surface area contributed by atoms with Gasteiger partial charge in [-0.2, -0.15) is 0 Å². The van der Waals surface area contributed by atoms with Crippen LogP contribution in [0, 0.1) is 11.7 Å². The van der Waals surface area contributed by atoms with E-state index in [-0.39, 0.29) is 42.2 Å². The van der Waals surface area contributed by atoms with Gasteiger partial charge in [0.05, 0.1) is 5.56 Å². The van der Waals surface area contributed by atoms with Crippen molar-refractivity contribution in [2.24, 2.45) is 5.92 Å². The number of piperazine rings is 1. The summed E-state index contributed by atoms with van der Waals surface area (Å²) in [5.41, 5.74) is 2.49. The maximum Gasteiger partial charge on any atom is 0.317 e. The summed E-state index contributed by atoms with van der Waals surface area (Å²) in [6.07, 6.45) is 0.383. The lowest BCUT2D eigenvalue weighted by atomic mass is 10.1. The van der Waals surface area contributed by atoms with E-state index in [0.29, 0.717) is 43.9 Å². The van der Waals surface area contributed by atoms with Crippen molar-refractivity contribution in [1.82, 2.24) is 15.5 Å². The van der Waals surface area contributed by atoms with Gasteiger partial charge in [-0.1, -0.05) is 26.0 Å². The van der Waals surface area contributed by atoms with Gasteiger partial charge >= 0.3 is 6.03 Å². The van der Waals surface area contributed by atoms with Crippen LogP contribution in [0.5, 0.6) is 0 Å². The van der Waals surface area contributed by atoms with Gasteiger partial charge in [0.1, 0.15) is 5.82 Å². The van der Waals surface area contributed by atoms with Crippen LogP contribution >= 0.6 is 0 Å². The molecule has 1 aliphatic rings. The van der Waals surface area contributed by atoms with Gasteiger partial charge in [-0.05, 0) is 55.7 Å². The maximum atomic E-state index is 13.3. The molecule has 194 valence electrons. The second-order valence-corrected chi connectivity index (χ2v) is 9.77. The number of benzene rings is 2. The summed E-state index contributed by atoms with van der Waals surface area (Å²) in [7, 11) is 0.